The number of aryl methyl sites for hydroxylation is 1. The third kappa shape index (κ3) is 2.43. The van der Waals surface area contributed by atoms with Gasteiger partial charge in [0.15, 0.2) is 5.16 Å². The normalized spacial score (nSPS) is 11.1. The van der Waals surface area contributed by atoms with E-state index < -0.39 is 0 Å². The standard InChI is InChI=1S/C12H17BN2S/c13-8-4-1-5-9-15-11-7-3-2-6-10(11)14-12(15)16/h2-3,6-7H,1,4-5,8-9,13H2,(H,14,16). The zero-order valence-electron chi connectivity index (χ0n) is 9.69. The van der Waals surface area contributed by atoms with E-state index in [-0.39, 0.29) is 0 Å². The van der Waals surface area contributed by atoms with Gasteiger partial charge in [-0.05, 0) is 18.6 Å². The molecule has 0 aliphatic heterocycles. The maximum Gasteiger partial charge on any atom is 0.165 e. The van der Waals surface area contributed by atoms with Crippen LogP contribution in [0.4, 0.5) is 0 Å². The fraction of sp³-hybridized carbons (Fsp3) is 0.417. The molecule has 0 unspecified atom stereocenters. The Bertz CT molecular complexity index is 467. The fourth-order valence-corrected chi connectivity index (χ4v) is 2.30. The van der Waals surface area contributed by atoms with E-state index in [1.54, 1.807) is 0 Å². The minimum atomic E-state index is 0.831. The van der Waals surface area contributed by atoms with Crippen LogP contribution < -0.4 is 0 Å². The quantitative estimate of drug-likeness (QED) is 0.476. The summed E-state index contributed by atoms with van der Waals surface area (Å²) in [6, 6.07) is 8.23. The number of para-hydroxylation sites is 2. The van der Waals surface area contributed by atoms with Crippen molar-refractivity contribution < 1.29 is 0 Å². The third-order valence-electron chi connectivity index (χ3n) is 2.87. The number of rotatable bonds is 5. The largest absolute Gasteiger partial charge is 0.319 e. The van der Waals surface area contributed by atoms with Crippen molar-refractivity contribution in [3.8, 4) is 0 Å². The molecule has 2 rings (SSSR count). The monoisotopic (exact) mass is 232 g/mol. The molecule has 0 spiro atoms. The van der Waals surface area contributed by atoms with Gasteiger partial charge in [-0.3, -0.25) is 0 Å². The number of thiol groups is 1. The number of nitrogens with zero attached hydrogens (tertiary/aromatic N) is 2. The summed E-state index contributed by atoms with van der Waals surface area (Å²) in [6.07, 6.45) is 5.09. The Morgan fingerprint density at radius 3 is 2.81 bits per heavy atom. The first kappa shape index (κ1) is 11.6. The van der Waals surface area contributed by atoms with Gasteiger partial charge < -0.3 is 4.57 Å². The van der Waals surface area contributed by atoms with Gasteiger partial charge in [-0.2, -0.15) is 0 Å². The molecule has 2 nitrogen and oxygen atoms in total. The van der Waals surface area contributed by atoms with Gasteiger partial charge in [-0.25, -0.2) is 4.98 Å². The number of imidazole rings is 1. The summed E-state index contributed by atoms with van der Waals surface area (Å²) in [6.45, 7) is 1.03. The number of aromatic nitrogens is 2. The molecule has 0 saturated carbocycles. The van der Waals surface area contributed by atoms with Gasteiger partial charge in [0, 0.05) is 6.54 Å². The lowest BCUT2D eigenvalue weighted by Crippen LogP contribution is -1.98. The van der Waals surface area contributed by atoms with E-state index >= 15 is 0 Å². The Labute approximate surface area is 103 Å². The van der Waals surface area contributed by atoms with Crippen LogP contribution in [0.2, 0.25) is 6.32 Å². The zero-order valence-corrected chi connectivity index (χ0v) is 10.6. The van der Waals surface area contributed by atoms with Crippen LogP contribution in [0.1, 0.15) is 19.3 Å². The molecular weight excluding hydrogens is 215 g/mol. The first-order valence-electron chi connectivity index (χ1n) is 5.97. The number of unbranched alkanes of at least 4 members (excludes halogenated alkanes) is 2. The van der Waals surface area contributed by atoms with Gasteiger partial charge in [0.25, 0.3) is 0 Å². The topological polar surface area (TPSA) is 17.8 Å². The molecule has 84 valence electrons. The van der Waals surface area contributed by atoms with Crippen LogP contribution >= 0.6 is 12.6 Å². The summed E-state index contributed by atoms with van der Waals surface area (Å²) in [5, 5.41) is 0.831. The molecule has 0 saturated heterocycles. The van der Waals surface area contributed by atoms with Crippen molar-refractivity contribution in [2.75, 3.05) is 0 Å². The molecular formula is C12H17BN2S. The predicted molar refractivity (Wildman–Crippen MR) is 74.2 cm³/mol. The highest BCUT2D eigenvalue weighted by Gasteiger charge is 2.05. The minimum Gasteiger partial charge on any atom is -0.319 e. The van der Waals surface area contributed by atoms with Gasteiger partial charge >= 0.3 is 0 Å². The molecule has 2 aromatic rings. The number of fused-ring (bicyclic) bond motifs is 1. The van der Waals surface area contributed by atoms with Crippen molar-refractivity contribution in [1.82, 2.24) is 9.55 Å². The van der Waals surface area contributed by atoms with Crippen molar-refractivity contribution in [3.05, 3.63) is 24.3 Å². The van der Waals surface area contributed by atoms with E-state index in [1.165, 1.54) is 31.1 Å². The van der Waals surface area contributed by atoms with Crippen molar-refractivity contribution >= 4 is 31.5 Å². The summed E-state index contributed by atoms with van der Waals surface area (Å²) in [7, 11) is 2.23. The lowest BCUT2D eigenvalue weighted by molar-refractivity contribution is 0.580. The summed E-state index contributed by atoms with van der Waals surface area (Å²) < 4.78 is 2.20. The van der Waals surface area contributed by atoms with E-state index in [0.29, 0.717) is 0 Å². The molecule has 0 radical (unpaired) electrons. The van der Waals surface area contributed by atoms with Gasteiger partial charge in [0.2, 0.25) is 0 Å². The van der Waals surface area contributed by atoms with Gasteiger partial charge in [-0.1, -0.05) is 31.3 Å². The maximum absolute atomic E-state index is 4.44. The molecule has 1 aromatic heterocycles. The second kappa shape index (κ2) is 5.44. The molecule has 4 heteroatoms. The smallest absolute Gasteiger partial charge is 0.165 e. The third-order valence-corrected chi connectivity index (χ3v) is 3.21. The molecule has 1 aromatic carbocycles. The Morgan fingerprint density at radius 2 is 2.00 bits per heavy atom. The summed E-state index contributed by atoms with van der Waals surface area (Å²) in [4.78, 5) is 4.44. The van der Waals surface area contributed by atoms with Gasteiger partial charge in [-0.15, -0.1) is 12.6 Å². The average Bonchev–Trinajstić information content (AvgIpc) is 2.61. The van der Waals surface area contributed by atoms with E-state index in [2.05, 4.69) is 42.2 Å². The van der Waals surface area contributed by atoms with Crippen molar-refractivity contribution in [2.45, 2.75) is 37.3 Å². The highest BCUT2D eigenvalue weighted by molar-refractivity contribution is 7.80. The maximum atomic E-state index is 4.44. The van der Waals surface area contributed by atoms with Crippen LogP contribution in [0.15, 0.2) is 29.4 Å². The van der Waals surface area contributed by atoms with Crippen LogP contribution in [0.5, 0.6) is 0 Å². The molecule has 0 atom stereocenters. The van der Waals surface area contributed by atoms with Crippen LogP contribution in [-0.2, 0) is 6.54 Å². The molecule has 0 bridgehead atoms. The highest BCUT2D eigenvalue weighted by atomic mass is 32.1. The minimum absolute atomic E-state index is 0.831. The summed E-state index contributed by atoms with van der Waals surface area (Å²) in [5.74, 6) is 0. The Morgan fingerprint density at radius 1 is 1.19 bits per heavy atom. The summed E-state index contributed by atoms with van der Waals surface area (Å²) >= 11 is 4.43. The van der Waals surface area contributed by atoms with E-state index in [9.17, 15) is 0 Å². The predicted octanol–water partition coefficient (Wildman–Crippen LogP) is 2.55. The van der Waals surface area contributed by atoms with Crippen LogP contribution in [0, 0.1) is 0 Å². The number of hydrogen-bond acceptors (Lipinski definition) is 2. The summed E-state index contributed by atoms with van der Waals surface area (Å²) in [5.41, 5.74) is 2.24. The molecule has 16 heavy (non-hydrogen) atoms. The first-order valence-corrected chi connectivity index (χ1v) is 6.42. The molecule has 0 fully saturated rings. The van der Waals surface area contributed by atoms with Gasteiger partial charge in [0.05, 0.1) is 11.0 Å². The number of hydrogen-bond donors (Lipinski definition) is 1. The second-order valence-electron chi connectivity index (χ2n) is 4.11. The average molecular weight is 232 g/mol. The molecule has 0 amide bonds. The van der Waals surface area contributed by atoms with Crippen molar-refractivity contribution in [1.29, 1.82) is 0 Å². The van der Waals surface area contributed by atoms with E-state index in [4.69, 9.17) is 0 Å². The van der Waals surface area contributed by atoms with Crippen LogP contribution in [-0.4, -0.2) is 17.4 Å². The van der Waals surface area contributed by atoms with E-state index in [1.807, 2.05) is 12.1 Å². The lowest BCUT2D eigenvalue weighted by Gasteiger charge is -2.05. The molecule has 1 heterocycles. The second-order valence-corrected chi connectivity index (χ2v) is 4.51. The van der Waals surface area contributed by atoms with Crippen molar-refractivity contribution in [2.24, 2.45) is 0 Å². The zero-order chi connectivity index (χ0) is 11.4. The van der Waals surface area contributed by atoms with Crippen molar-refractivity contribution in [3.63, 3.8) is 0 Å². The molecule has 0 aliphatic carbocycles. The highest BCUT2D eigenvalue weighted by Crippen LogP contribution is 2.19. The molecule has 0 N–H and O–H groups in total. The first-order chi connectivity index (χ1) is 7.83. The Hall–Kier alpha value is -0.895. The van der Waals surface area contributed by atoms with Gasteiger partial charge in [0.1, 0.15) is 7.85 Å². The van der Waals surface area contributed by atoms with Crippen LogP contribution in [0.3, 0.4) is 0 Å². The van der Waals surface area contributed by atoms with Crippen LogP contribution in [0.25, 0.3) is 11.0 Å². The Balaban J connectivity index is 2.13. The number of benzene rings is 1. The molecule has 0 aliphatic rings. The SMILES string of the molecule is BCCCCCn1c(S)nc2ccccc21. The fourth-order valence-electron chi connectivity index (χ4n) is 1.98. The Kier molecular flexibility index (Phi) is 3.94. The van der Waals surface area contributed by atoms with E-state index in [0.717, 1.165) is 17.2 Å². The lowest BCUT2D eigenvalue weighted by atomic mass is 9.99.